The van der Waals surface area contributed by atoms with Gasteiger partial charge in [-0.25, -0.2) is 4.98 Å². The molecule has 1 fully saturated rings. The average Bonchev–Trinajstić information content (AvgIpc) is 2.83. The number of nitrogens with zero attached hydrogens (tertiary/aromatic N) is 3. The number of halogens is 1. The Morgan fingerprint density at radius 3 is 3.06 bits per heavy atom. The monoisotopic (exact) mass is 279 g/mol. The van der Waals surface area contributed by atoms with Gasteiger partial charge in [0.15, 0.2) is 0 Å². The molecule has 16 heavy (non-hydrogen) atoms. The summed E-state index contributed by atoms with van der Waals surface area (Å²) in [5.41, 5.74) is 1.17. The highest BCUT2D eigenvalue weighted by Gasteiger charge is 2.25. The number of hydrogen-bond acceptors (Lipinski definition) is 2. The molecule has 2 aromatic rings. The number of likely N-dealkylation sites (tertiary alicyclic amines) is 1. The summed E-state index contributed by atoms with van der Waals surface area (Å²) in [6, 6.07) is 4.62. The number of rotatable bonds is 1. The van der Waals surface area contributed by atoms with Gasteiger partial charge in [-0.05, 0) is 54.5 Å². The normalized spacial score (nSPS) is 22.0. The van der Waals surface area contributed by atoms with E-state index in [1.54, 1.807) is 0 Å². The average molecular weight is 280 g/mol. The second-order valence-corrected chi connectivity index (χ2v) is 5.31. The van der Waals surface area contributed by atoms with Crippen molar-refractivity contribution in [3.63, 3.8) is 0 Å². The zero-order chi connectivity index (χ0) is 11.1. The lowest BCUT2D eigenvalue weighted by Gasteiger charge is -2.18. The van der Waals surface area contributed by atoms with Crippen LogP contribution in [-0.4, -0.2) is 27.9 Å². The first-order chi connectivity index (χ1) is 7.75. The van der Waals surface area contributed by atoms with Crippen LogP contribution in [0.3, 0.4) is 0 Å². The van der Waals surface area contributed by atoms with Crippen molar-refractivity contribution < 1.29 is 0 Å². The van der Waals surface area contributed by atoms with Gasteiger partial charge in [0, 0.05) is 10.7 Å². The van der Waals surface area contributed by atoms with Crippen LogP contribution in [0, 0.1) is 0 Å². The fourth-order valence-corrected chi connectivity index (χ4v) is 2.80. The Hall–Kier alpha value is -0.870. The van der Waals surface area contributed by atoms with Gasteiger partial charge in [0.1, 0.15) is 5.82 Å². The van der Waals surface area contributed by atoms with E-state index in [1.807, 2.05) is 6.20 Å². The van der Waals surface area contributed by atoms with E-state index >= 15 is 0 Å². The smallest absolute Gasteiger partial charge is 0.130 e. The topological polar surface area (TPSA) is 20.5 Å². The van der Waals surface area contributed by atoms with E-state index in [1.165, 1.54) is 24.9 Å². The first-order valence-electron chi connectivity index (χ1n) is 5.58. The summed E-state index contributed by atoms with van der Waals surface area (Å²) < 4.78 is 3.29. The molecule has 1 atom stereocenters. The molecule has 3 heterocycles. The van der Waals surface area contributed by atoms with Gasteiger partial charge in [-0.1, -0.05) is 0 Å². The van der Waals surface area contributed by atoms with Gasteiger partial charge >= 0.3 is 0 Å². The summed E-state index contributed by atoms with van der Waals surface area (Å²) in [5.74, 6) is 1.16. The molecule has 1 unspecified atom stereocenters. The number of hydrogen-bond donors (Lipinski definition) is 0. The first-order valence-corrected chi connectivity index (χ1v) is 6.38. The molecule has 4 heteroatoms. The second-order valence-electron chi connectivity index (χ2n) is 4.40. The molecule has 3 rings (SSSR count). The van der Waals surface area contributed by atoms with E-state index in [0.717, 1.165) is 10.3 Å². The Kier molecular flexibility index (Phi) is 2.48. The predicted molar refractivity (Wildman–Crippen MR) is 67.5 cm³/mol. The van der Waals surface area contributed by atoms with Gasteiger partial charge in [-0.3, -0.25) is 4.90 Å². The fraction of sp³-hybridized carbons (Fsp3) is 0.417. The van der Waals surface area contributed by atoms with Crippen molar-refractivity contribution in [2.24, 2.45) is 0 Å². The zero-order valence-electron chi connectivity index (χ0n) is 9.23. The van der Waals surface area contributed by atoms with E-state index < -0.39 is 0 Å². The molecule has 0 amide bonds. The van der Waals surface area contributed by atoms with Gasteiger partial charge in [0.05, 0.1) is 17.8 Å². The third kappa shape index (κ3) is 1.57. The van der Waals surface area contributed by atoms with Gasteiger partial charge in [0.2, 0.25) is 0 Å². The van der Waals surface area contributed by atoms with E-state index in [9.17, 15) is 0 Å². The Labute approximate surface area is 103 Å². The van der Waals surface area contributed by atoms with Crippen molar-refractivity contribution in [2.45, 2.75) is 18.9 Å². The molecule has 0 spiro atoms. The minimum atomic E-state index is 0.469. The molecular weight excluding hydrogens is 266 g/mol. The maximum absolute atomic E-state index is 4.57. The highest BCUT2D eigenvalue weighted by Crippen LogP contribution is 2.30. The molecule has 0 aromatic carbocycles. The summed E-state index contributed by atoms with van der Waals surface area (Å²) in [5, 5.41) is 0. The van der Waals surface area contributed by atoms with E-state index in [2.05, 4.69) is 55.6 Å². The van der Waals surface area contributed by atoms with Crippen molar-refractivity contribution in [3.05, 3.63) is 34.8 Å². The summed E-state index contributed by atoms with van der Waals surface area (Å²) in [6.45, 7) is 1.17. The number of imidazole rings is 1. The number of fused-ring (bicyclic) bond motifs is 1. The quantitative estimate of drug-likeness (QED) is 0.800. The fourth-order valence-electron chi connectivity index (χ4n) is 2.47. The van der Waals surface area contributed by atoms with Gasteiger partial charge in [0.25, 0.3) is 0 Å². The molecule has 1 aliphatic rings. The molecule has 0 saturated carbocycles. The predicted octanol–water partition coefficient (Wildman–Crippen LogP) is 2.86. The highest BCUT2D eigenvalue weighted by atomic mass is 79.9. The number of aromatic nitrogens is 2. The van der Waals surface area contributed by atoms with E-state index in [-0.39, 0.29) is 0 Å². The first kappa shape index (κ1) is 10.3. The van der Waals surface area contributed by atoms with Gasteiger partial charge in [-0.15, -0.1) is 0 Å². The van der Waals surface area contributed by atoms with E-state index in [4.69, 9.17) is 0 Å². The maximum Gasteiger partial charge on any atom is 0.130 e. The van der Waals surface area contributed by atoms with E-state index in [0.29, 0.717) is 6.04 Å². The highest BCUT2D eigenvalue weighted by molar-refractivity contribution is 9.10. The Balaban J connectivity index is 2.12. The molecule has 1 saturated heterocycles. The summed E-state index contributed by atoms with van der Waals surface area (Å²) in [4.78, 5) is 6.95. The van der Waals surface area contributed by atoms with Crippen molar-refractivity contribution >= 4 is 21.4 Å². The molecular formula is C12H14BrN3. The molecule has 0 aliphatic carbocycles. The Bertz CT molecular complexity index is 520. The third-order valence-electron chi connectivity index (χ3n) is 3.34. The lowest BCUT2D eigenvalue weighted by molar-refractivity contribution is 0.305. The lowest BCUT2D eigenvalue weighted by atomic mass is 10.2. The van der Waals surface area contributed by atoms with Crippen LogP contribution in [0.1, 0.15) is 24.7 Å². The van der Waals surface area contributed by atoms with Crippen molar-refractivity contribution in [2.75, 3.05) is 13.6 Å². The molecule has 0 radical (unpaired) electrons. The lowest BCUT2D eigenvalue weighted by Crippen LogP contribution is -2.19. The van der Waals surface area contributed by atoms with Crippen LogP contribution >= 0.6 is 15.9 Å². The molecule has 0 bridgehead atoms. The summed E-state index contributed by atoms with van der Waals surface area (Å²) >= 11 is 3.51. The van der Waals surface area contributed by atoms with Crippen molar-refractivity contribution in [3.8, 4) is 0 Å². The molecule has 3 nitrogen and oxygen atoms in total. The van der Waals surface area contributed by atoms with Crippen LogP contribution in [-0.2, 0) is 0 Å². The Morgan fingerprint density at radius 1 is 1.44 bits per heavy atom. The second kappa shape index (κ2) is 3.86. The molecule has 84 valence electrons. The molecule has 1 aliphatic heterocycles. The van der Waals surface area contributed by atoms with Crippen LogP contribution in [0.4, 0.5) is 0 Å². The largest absolute Gasteiger partial charge is 0.301 e. The van der Waals surface area contributed by atoms with Crippen LogP contribution in [0.5, 0.6) is 0 Å². The van der Waals surface area contributed by atoms with Crippen molar-refractivity contribution in [1.82, 2.24) is 14.3 Å². The standard InChI is InChI=1S/C12H14BrN3/c1-15-6-2-3-11(15)12-14-7-10-5-4-9(13)8-16(10)12/h4-5,7-8,11H,2-3,6H2,1H3. The zero-order valence-corrected chi connectivity index (χ0v) is 10.8. The Morgan fingerprint density at radius 2 is 2.31 bits per heavy atom. The molecule has 0 N–H and O–H groups in total. The van der Waals surface area contributed by atoms with Crippen LogP contribution < -0.4 is 0 Å². The third-order valence-corrected chi connectivity index (χ3v) is 3.81. The van der Waals surface area contributed by atoms with Crippen LogP contribution in [0.25, 0.3) is 5.52 Å². The maximum atomic E-state index is 4.57. The van der Waals surface area contributed by atoms with Crippen LogP contribution in [0.2, 0.25) is 0 Å². The summed E-state index contributed by atoms with van der Waals surface area (Å²) in [7, 11) is 2.18. The number of pyridine rings is 1. The summed E-state index contributed by atoms with van der Waals surface area (Å²) in [6.07, 6.45) is 6.53. The minimum Gasteiger partial charge on any atom is -0.301 e. The minimum absolute atomic E-state index is 0.469. The SMILES string of the molecule is CN1CCCC1c1ncc2ccc(Br)cn12. The van der Waals surface area contributed by atoms with Crippen molar-refractivity contribution in [1.29, 1.82) is 0 Å². The molecule has 2 aromatic heterocycles. The van der Waals surface area contributed by atoms with Crippen LogP contribution in [0.15, 0.2) is 29.0 Å². The van der Waals surface area contributed by atoms with Gasteiger partial charge < -0.3 is 4.40 Å². The van der Waals surface area contributed by atoms with Gasteiger partial charge in [-0.2, -0.15) is 0 Å².